The molecule has 1 atom stereocenters. The molecule has 1 heterocycles. The van der Waals surface area contributed by atoms with Gasteiger partial charge in [-0.25, -0.2) is 12.7 Å². The number of piperidine rings is 1. The quantitative estimate of drug-likeness (QED) is 0.691. The smallest absolute Gasteiger partial charge is 0.223 e. The summed E-state index contributed by atoms with van der Waals surface area (Å²) in [6, 6.07) is 7.58. The first-order valence-electron chi connectivity index (χ1n) is 9.15. The number of ether oxygens (including phenoxy) is 1. The molecular weight excluding hydrogens is 352 g/mol. The van der Waals surface area contributed by atoms with Crippen molar-refractivity contribution in [2.45, 2.75) is 32.6 Å². The number of benzene rings is 1. The molecule has 0 saturated carbocycles. The minimum atomic E-state index is -3.35. The number of sulfonamides is 1. The Morgan fingerprint density at radius 1 is 1.27 bits per heavy atom. The summed E-state index contributed by atoms with van der Waals surface area (Å²) >= 11 is 0. The first-order valence-corrected chi connectivity index (χ1v) is 11.0. The van der Waals surface area contributed by atoms with E-state index >= 15 is 0 Å². The molecule has 1 aliphatic heterocycles. The maximum atomic E-state index is 12.4. The summed E-state index contributed by atoms with van der Waals surface area (Å²) in [7, 11) is -1.74. The Hall–Kier alpha value is -1.60. The Labute approximate surface area is 157 Å². The highest BCUT2D eigenvalue weighted by Gasteiger charge is 2.23. The summed E-state index contributed by atoms with van der Waals surface area (Å²) in [5, 5.41) is 0. The van der Waals surface area contributed by atoms with Gasteiger partial charge >= 0.3 is 0 Å². The van der Waals surface area contributed by atoms with Crippen LogP contribution in [0.5, 0.6) is 5.75 Å². The summed E-state index contributed by atoms with van der Waals surface area (Å²) in [4.78, 5) is 14.3. The van der Waals surface area contributed by atoms with Gasteiger partial charge in [0.2, 0.25) is 15.9 Å². The number of carbonyl (C=O) groups excluding carboxylic acids is 1. The molecule has 1 saturated heterocycles. The molecule has 1 aromatic rings. The average molecular weight is 383 g/mol. The van der Waals surface area contributed by atoms with Crippen LogP contribution in [0.1, 0.15) is 31.7 Å². The molecule has 2 rings (SSSR count). The van der Waals surface area contributed by atoms with Gasteiger partial charge in [-0.1, -0.05) is 19.1 Å². The summed E-state index contributed by atoms with van der Waals surface area (Å²) in [6.45, 7) is 4.32. The lowest BCUT2D eigenvalue weighted by atomic mass is 10.00. The zero-order valence-corrected chi connectivity index (χ0v) is 16.8. The zero-order valence-electron chi connectivity index (χ0n) is 16.0. The third-order valence-corrected chi connectivity index (χ3v) is 6.17. The van der Waals surface area contributed by atoms with Gasteiger partial charge in [0, 0.05) is 32.6 Å². The van der Waals surface area contributed by atoms with Crippen molar-refractivity contribution < 1.29 is 17.9 Å². The minimum Gasteiger partial charge on any atom is -0.497 e. The zero-order chi connectivity index (χ0) is 19.2. The molecule has 1 amide bonds. The SMILES string of the molecule is COc1ccc(CCN(CCC(=O)N2CCCC(C)C2)S(C)(=O)=O)cc1. The molecule has 0 aliphatic carbocycles. The first kappa shape index (κ1) is 20.7. The van der Waals surface area contributed by atoms with Crippen LogP contribution in [-0.2, 0) is 21.2 Å². The van der Waals surface area contributed by atoms with Gasteiger partial charge in [0.15, 0.2) is 0 Å². The first-order chi connectivity index (χ1) is 12.3. The number of likely N-dealkylation sites (tertiary alicyclic amines) is 1. The molecule has 1 aliphatic rings. The second-order valence-corrected chi connectivity index (χ2v) is 9.08. The van der Waals surface area contributed by atoms with Gasteiger partial charge in [-0.05, 0) is 42.9 Å². The predicted molar refractivity (Wildman–Crippen MR) is 103 cm³/mol. The second-order valence-electron chi connectivity index (χ2n) is 7.10. The highest BCUT2D eigenvalue weighted by molar-refractivity contribution is 7.88. The van der Waals surface area contributed by atoms with Gasteiger partial charge < -0.3 is 9.64 Å². The third kappa shape index (κ3) is 6.29. The number of carbonyl (C=O) groups is 1. The van der Waals surface area contributed by atoms with Crippen molar-refractivity contribution in [1.82, 2.24) is 9.21 Å². The lowest BCUT2D eigenvalue weighted by molar-refractivity contribution is -0.133. The van der Waals surface area contributed by atoms with Crippen molar-refractivity contribution in [2.75, 3.05) is 39.5 Å². The van der Waals surface area contributed by atoms with Crippen molar-refractivity contribution in [3.05, 3.63) is 29.8 Å². The van der Waals surface area contributed by atoms with Crippen LogP contribution in [0.15, 0.2) is 24.3 Å². The molecule has 26 heavy (non-hydrogen) atoms. The van der Waals surface area contributed by atoms with E-state index in [0.29, 0.717) is 18.9 Å². The Morgan fingerprint density at radius 2 is 1.96 bits per heavy atom. The van der Waals surface area contributed by atoms with Crippen LogP contribution in [0.3, 0.4) is 0 Å². The molecule has 0 N–H and O–H groups in total. The summed E-state index contributed by atoms with van der Waals surface area (Å²) in [5.74, 6) is 1.35. The number of rotatable bonds is 8. The van der Waals surface area contributed by atoms with Gasteiger partial charge in [-0.2, -0.15) is 0 Å². The standard InChI is InChI=1S/C19H30N2O4S/c1-16-5-4-12-20(15-16)19(22)11-14-21(26(3,23)24)13-10-17-6-8-18(25-2)9-7-17/h6-9,16H,4-5,10-15H2,1-3H3. The van der Waals surface area contributed by atoms with Crippen LogP contribution < -0.4 is 4.74 Å². The van der Waals surface area contributed by atoms with Gasteiger partial charge in [0.1, 0.15) is 5.75 Å². The van der Waals surface area contributed by atoms with E-state index in [1.807, 2.05) is 29.2 Å². The molecule has 1 aromatic carbocycles. The topological polar surface area (TPSA) is 66.9 Å². The largest absolute Gasteiger partial charge is 0.497 e. The molecule has 7 heteroatoms. The number of hydrogen-bond acceptors (Lipinski definition) is 4. The van der Waals surface area contributed by atoms with Crippen LogP contribution >= 0.6 is 0 Å². The molecule has 0 radical (unpaired) electrons. The van der Waals surface area contributed by atoms with E-state index < -0.39 is 10.0 Å². The summed E-state index contributed by atoms with van der Waals surface area (Å²) < 4.78 is 30.7. The normalized spacial score (nSPS) is 18.2. The Bertz CT molecular complexity index is 688. The fourth-order valence-corrected chi connectivity index (χ4v) is 4.13. The predicted octanol–water partition coefficient (Wildman–Crippen LogP) is 2.15. The van der Waals surface area contributed by atoms with Crippen LogP contribution in [-0.4, -0.2) is 63.1 Å². The average Bonchev–Trinajstić information content (AvgIpc) is 2.60. The van der Waals surface area contributed by atoms with E-state index in [2.05, 4.69) is 6.92 Å². The second kappa shape index (κ2) is 9.37. The van der Waals surface area contributed by atoms with E-state index in [1.165, 1.54) is 10.6 Å². The third-order valence-electron chi connectivity index (χ3n) is 4.86. The van der Waals surface area contributed by atoms with Crippen molar-refractivity contribution in [2.24, 2.45) is 5.92 Å². The van der Waals surface area contributed by atoms with Crippen molar-refractivity contribution >= 4 is 15.9 Å². The van der Waals surface area contributed by atoms with Crippen LogP contribution in [0.4, 0.5) is 0 Å². The van der Waals surface area contributed by atoms with Crippen LogP contribution in [0.2, 0.25) is 0 Å². The number of amides is 1. The Morgan fingerprint density at radius 3 is 2.54 bits per heavy atom. The number of nitrogens with zero attached hydrogens (tertiary/aromatic N) is 2. The molecule has 1 fully saturated rings. The molecule has 0 spiro atoms. The van der Waals surface area contributed by atoms with Gasteiger partial charge in [0.25, 0.3) is 0 Å². The van der Waals surface area contributed by atoms with Gasteiger partial charge in [-0.15, -0.1) is 0 Å². The van der Waals surface area contributed by atoms with E-state index in [1.54, 1.807) is 7.11 Å². The highest BCUT2D eigenvalue weighted by atomic mass is 32.2. The summed E-state index contributed by atoms with van der Waals surface area (Å²) in [5.41, 5.74) is 1.04. The van der Waals surface area contributed by atoms with E-state index in [9.17, 15) is 13.2 Å². The van der Waals surface area contributed by atoms with E-state index in [0.717, 1.165) is 37.2 Å². The molecule has 146 valence electrons. The highest BCUT2D eigenvalue weighted by Crippen LogP contribution is 2.17. The van der Waals surface area contributed by atoms with Crippen molar-refractivity contribution in [1.29, 1.82) is 0 Å². The van der Waals surface area contributed by atoms with Gasteiger partial charge in [0.05, 0.1) is 13.4 Å². The molecular formula is C19H30N2O4S. The van der Waals surface area contributed by atoms with Crippen molar-refractivity contribution in [3.8, 4) is 5.75 Å². The monoisotopic (exact) mass is 382 g/mol. The lowest BCUT2D eigenvalue weighted by Gasteiger charge is -2.31. The van der Waals surface area contributed by atoms with E-state index in [-0.39, 0.29) is 18.9 Å². The molecule has 0 bridgehead atoms. The van der Waals surface area contributed by atoms with Gasteiger partial charge in [-0.3, -0.25) is 4.79 Å². The van der Waals surface area contributed by atoms with Crippen LogP contribution in [0, 0.1) is 5.92 Å². The number of methoxy groups -OCH3 is 1. The number of hydrogen-bond donors (Lipinski definition) is 0. The Balaban J connectivity index is 1.89. The lowest BCUT2D eigenvalue weighted by Crippen LogP contribution is -2.41. The molecule has 6 nitrogen and oxygen atoms in total. The minimum absolute atomic E-state index is 0.0506. The molecule has 1 unspecified atom stereocenters. The van der Waals surface area contributed by atoms with E-state index in [4.69, 9.17) is 4.74 Å². The summed E-state index contributed by atoms with van der Waals surface area (Å²) in [6.07, 6.45) is 4.23. The van der Waals surface area contributed by atoms with Crippen molar-refractivity contribution in [3.63, 3.8) is 0 Å². The Kier molecular flexibility index (Phi) is 7.46. The molecule has 0 aromatic heterocycles. The maximum Gasteiger partial charge on any atom is 0.223 e. The fraction of sp³-hybridized carbons (Fsp3) is 0.632. The van der Waals surface area contributed by atoms with Crippen LogP contribution in [0.25, 0.3) is 0 Å². The maximum absolute atomic E-state index is 12.4. The fourth-order valence-electron chi connectivity index (χ4n) is 3.28.